The number of esters is 1. The molecule has 2 heterocycles. The van der Waals surface area contributed by atoms with Crippen molar-refractivity contribution in [2.24, 2.45) is 0 Å². The summed E-state index contributed by atoms with van der Waals surface area (Å²) >= 11 is 0. The smallest absolute Gasteiger partial charge is 0.338 e. The van der Waals surface area contributed by atoms with Crippen molar-refractivity contribution in [2.45, 2.75) is 13.2 Å². The summed E-state index contributed by atoms with van der Waals surface area (Å²) in [7, 11) is 0. The van der Waals surface area contributed by atoms with Gasteiger partial charge < -0.3 is 14.8 Å². The molecule has 0 saturated carbocycles. The summed E-state index contributed by atoms with van der Waals surface area (Å²) in [6.07, 6.45) is 7.16. The molecule has 0 radical (unpaired) electrons. The van der Waals surface area contributed by atoms with Gasteiger partial charge in [-0.15, -0.1) is 0 Å². The fraction of sp³-hybridized carbons (Fsp3) is 0.188. The van der Waals surface area contributed by atoms with Crippen molar-refractivity contribution in [3.05, 3.63) is 59.8 Å². The predicted octanol–water partition coefficient (Wildman–Crippen LogP) is 2.39. The lowest BCUT2D eigenvalue weighted by molar-refractivity contribution is -0.136. The molecule has 1 atom stereocenters. The Balaban J connectivity index is 2.11. The average Bonchev–Trinajstić information content (AvgIpc) is 2.64. The van der Waals surface area contributed by atoms with Gasteiger partial charge in [-0.2, -0.15) is 0 Å². The van der Waals surface area contributed by atoms with Crippen LogP contribution in [0, 0.1) is 0 Å². The molecular weight excluding hydrogens is 254 g/mol. The van der Waals surface area contributed by atoms with Gasteiger partial charge in [0.1, 0.15) is 5.75 Å². The fourth-order valence-electron chi connectivity index (χ4n) is 2.25. The van der Waals surface area contributed by atoms with E-state index in [1.165, 1.54) is 0 Å². The molecule has 0 saturated heterocycles. The van der Waals surface area contributed by atoms with Crippen LogP contribution in [0.3, 0.4) is 0 Å². The zero-order valence-electron chi connectivity index (χ0n) is 11.1. The van der Waals surface area contributed by atoms with E-state index in [0.29, 0.717) is 17.9 Å². The number of allylic oxidation sites excluding steroid dienone is 2. The normalized spacial score (nSPS) is 19.4. The second-order valence-electron chi connectivity index (χ2n) is 4.46. The van der Waals surface area contributed by atoms with E-state index < -0.39 is 0 Å². The van der Waals surface area contributed by atoms with Crippen molar-refractivity contribution in [3.8, 4) is 5.75 Å². The van der Waals surface area contributed by atoms with Gasteiger partial charge in [-0.05, 0) is 31.3 Å². The van der Waals surface area contributed by atoms with Crippen molar-refractivity contribution in [3.63, 3.8) is 0 Å². The summed E-state index contributed by atoms with van der Waals surface area (Å²) in [4.78, 5) is 12.2. The van der Waals surface area contributed by atoms with E-state index in [1.807, 2.05) is 48.7 Å². The van der Waals surface area contributed by atoms with E-state index in [0.717, 1.165) is 11.1 Å². The standard InChI is InChI=1S/C16H15NO3/c1-2-19-16(18)13-10-11-6-5-9-17-15(11)20-14-8-4-3-7-12(13)14/h3-10,15,17H,2H2,1H3. The number of benzene rings is 1. The maximum Gasteiger partial charge on any atom is 0.338 e. The van der Waals surface area contributed by atoms with Gasteiger partial charge in [0.2, 0.25) is 0 Å². The Morgan fingerprint density at radius 2 is 2.25 bits per heavy atom. The Bertz CT molecular complexity index is 628. The maximum absolute atomic E-state index is 12.2. The monoisotopic (exact) mass is 269 g/mol. The first-order valence-electron chi connectivity index (χ1n) is 6.57. The first kappa shape index (κ1) is 12.5. The van der Waals surface area contributed by atoms with E-state index >= 15 is 0 Å². The lowest BCUT2D eigenvalue weighted by atomic mass is 10.0. The third-order valence-corrected chi connectivity index (χ3v) is 3.16. The molecule has 1 N–H and O–H groups in total. The van der Waals surface area contributed by atoms with Crippen LogP contribution in [0.25, 0.3) is 5.57 Å². The summed E-state index contributed by atoms with van der Waals surface area (Å²) < 4.78 is 11.1. The summed E-state index contributed by atoms with van der Waals surface area (Å²) in [6.45, 7) is 2.14. The zero-order chi connectivity index (χ0) is 13.9. The Morgan fingerprint density at radius 1 is 1.40 bits per heavy atom. The number of rotatable bonds is 2. The Morgan fingerprint density at radius 3 is 3.10 bits per heavy atom. The van der Waals surface area contributed by atoms with Gasteiger partial charge in [0, 0.05) is 11.1 Å². The van der Waals surface area contributed by atoms with Gasteiger partial charge in [0.05, 0.1) is 12.2 Å². The average molecular weight is 269 g/mol. The highest BCUT2D eigenvalue weighted by Crippen LogP contribution is 2.33. The zero-order valence-corrected chi connectivity index (χ0v) is 11.1. The van der Waals surface area contributed by atoms with Crippen LogP contribution in [0.4, 0.5) is 0 Å². The number of hydrogen-bond donors (Lipinski definition) is 1. The highest BCUT2D eigenvalue weighted by atomic mass is 16.5. The highest BCUT2D eigenvalue weighted by Gasteiger charge is 2.26. The molecule has 2 aliphatic rings. The topological polar surface area (TPSA) is 47.6 Å². The van der Waals surface area contributed by atoms with Crippen molar-refractivity contribution in [1.82, 2.24) is 5.32 Å². The van der Waals surface area contributed by atoms with Crippen LogP contribution in [0.1, 0.15) is 12.5 Å². The number of nitrogens with one attached hydrogen (secondary N) is 1. The predicted molar refractivity (Wildman–Crippen MR) is 75.8 cm³/mol. The van der Waals surface area contributed by atoms with Crippen LogP contribution in [0.2, 0.25) is 0 Å². The maximum atomic E-state index is 12.2. The number of para-hydroxylation sites is 1. The van der Waals surface area contributed by atoms with Gasteiger partial charge in [-0.25, -0.2) is 4.79 Å². The minimum Gasteiger partial charge on any atom is -0.466 e. The first-order chi connectivity index (χ1) is 9.79. The first-order valence-corrected chi connectivity index (χ1v) is 6.57. The highest BCUT2D eigenvalue weighted by molar-refractivity contribution is 6.18. The molecule has 1 unspecified atom stereocenters. The summed E-state index contributed by atoms with van der Waals surface area (Å²) in [5, 5.41) is 3.13. The second kappa shape index (κ2) is 5.25. The van der Waals surface area contributed by atoms with Gasteiger partial charge in [-0.1, -0.05) is 24.3 Å². The molecule has 0 spiro atoms. The van der Waals surface area contributed by atoms with Gasteiger partial charge in [0.25, 0.3) is 0 Å². The number of fused-ring (bicyclic) bond motifs is 2. The number of carbonyl (C=O) groups excluding carboxylic acids is 1. The molecule has 3 rings (SSSR count). The van der Waals surface area contributed by atoms with E-state index in [1.54, 1.807) is 6.92 Å². The van der Waals surface area contributed by atoms with Crippen LogP contribution in [-0.2, 0) is 9.53 Å². The van der Waals surface area contributed by atoms with Crippen LogP contribution in [0.5, 0.6) is 5.75 Å². The molecule has 4 heteroatoms. The van der Waals surface area contributed by atoms with E-state index in [4.69, 9.17) is 9.47 Å². The minimum absolute atomic E-state index is 0.284. The van der Waals surface area contributed by atoms with Crippen molar-refractivity contribution in [2.75, 3.05) is 6.61 Å². The molecule has 0 amide bonds. The van der Waals surface area contributed by atoms with E-state index in [-0.39, 0.29) is 12.2 Å². The molecule has 1 aromatic rings. The van der Waals surface area contributed by atoms with Crippen LogP contribution < -0.4 is 10.1 Å². The van der Waals surface area contributed by atoms with Crippen molar-refractivity contribution in [1.29, 1.82) is 0 Å². The lowest BCUT2D eigenvalue weighted by Crippen LogP contribution is -2.33. The molecule has 4 nitrogen and oxygen atoms in total. The van der Waals surface area contributed by atoms with Gasteiger partial charge >= 0.3 is 5.97 Å². The van der Waals surface area contributed by atoms with Crippen LogP contribution >= 0.6 is 0 Å². The van der Waals surface area contributed by atoms with Gasteiger partial charge in [0.15, 0.2) is 6.23 Å². The summed E-state index contributed by atoms with van der Waals surface area (Å²) in [5.41, 5.74) is 2.17. The molecule has 1 aromatic carbocycles. The number of hydrogen-bond acceptors (Lipinski definition) is 4. The Hall–Kier alpha value is -2.49. The molecule has 0 fully saturated rings. The van der Waals surface area contributed by atoms with Crippen LogP contribution in [0.15, 0.2) is 54.3 Å². The van der Waals surface area contributed by atoms with E-state index in [9.17, 15) is 4.79 Å². The van der Waals surface area contributed by atoms with Crippen molar-refractivity contribution >= 4 is 11.5 Å². The summed E-state index contributed by atoms with van der Waals surface area (Å²) in [6, 6.07) is 7.48. The minimum atomic E-state index is -0.334. The lowest BCUT2D eigenvalue weighted by Gasteiger charge is -2.21. The molecule has 0 aliphatic carbocycles. The largest absolute Gasteiger partial charge is 0.466 e. The molecule has 0 bridgehead atoms. The number of dihydropyridines is 1. The number of carbonyl (C=O) groups is 1. The molecule has 102 valence electrons. The third kappa shape index (κ3) is 2.20. The molecule has 0 aromatic heterocycles. The Labute approximate surface area is 117 Å². The molecule has 2 aliphatic heterocycles. The Kier molecular flexibility index (Phi) is 3.29. The van der Waals surface area contributed by atoms with Crippen molar-refractivity contribution < 1.29 is 14.3 Å². The van der Waals surface area contributed by atoms with Crippen LogP contribution in [-0.4, -0.2) is 18.8 Å². The second-order valence-corrected chi connectivity index (χ2v) is 4.46. The van der Waals surface area contributed by atoms with E-state index in [2.05, 4.69) is 5.32 Å². The SMILES string of the molecule is CCOC(=O)C1=CC2=CC=CNC2Oc2ccccc21. The fourth-order valence-corrected chi connectivity index (χ4v) is 2.25. The molecule has 20 heavy (non-hydrogen) atoms. The number of ether oxygens (including phenoxy) is 2. The quantitative estimate of drug-likeness (QED) is 0.837. The third-order valence-electron chi connectivity index (χ3n) is 3.16. The van der Waals surface area contributed by atoms with Gasteiger partial charge in [-0.3, -0.25) is 0 Å². The molecular formula is C16H15NO3. The summed E-state index contributed by atoms with van der Waals surface area (Å²) in [5.74, 6) is 0.336.